The van der Waals surface area contributed by atoms with Crippen LogP contribution >= 0.6 is 0 Å². The predicted octanol–water partition coefficient (Wildman–Crippen LogP) is 1.59. The van der Waals surface area contributed by atoms with Crippen LogP contribution in [0.5, 0.6) is 0 Å². The zero-order valence-corrected chi connectivity index (χ0v) is 10.9. The summed E-state index contributed by atoms with van der Waals surface area (Å²) < 4.78 is 0. The van der Waals surface area contributed by atoms with E-state index in [9.17, 15) is 14.7 Å². The molecule has 1 atom stereocenters. The van der Waals surface area contributed by atoms with Crippen LogP contribution in [0.4, 0.5) is 0 Å². The Balaban J connectivity index is 2.95. The first-order valence-corrected chi connectivity index (χ1v) is 5.97. The monoisotopic (exact) mass is 249 g/mol. The van der Waals surface area contributed by atoms with E-state index in [1.807, 2.05) is 18.2 Å². The molecule has 0 heterocycles. The Hall–Kier alpha value is -1.68. The molecule has 0 aliphatic heterocycles. The summed E-state index contributed by atoms with van der Waals surface area (Å²) in [7, 11) is 0. The van der Waals surface area contributed by atoms with Gasteiger partial charge in [0.1, 0.15) is 11.6 Å². The molecule has 4 heteroatoms. The molecule has 0 aliphatic carbocycles. The number of rotatable bonds is 5. The summed E-state index contributed by atoms with van der Waals surface area (Å²) in [6.07, 6.45) is 0.325. The lowest BCUT2D eigenvalue weighted by Crippen LogP contribution is -2.45. The van der Waals surface area contributed by atoms with Gasteiger partial charge in [-0.2, -0.15) is 0 Å². The van der Waals surface area contributed by atoms with Gasteiger partial charge in [-0.25, -0.2) is 0 Å². The Morgan fingerprint density at radius 3 is 2.28 bits per heavy atom. The fourth-order valence-electron chi connectivity index (χ4n) is 1.51. The number of Topliss-reactive ketones (excluding diaryl/α,β-unsaturated/α-hetero) is 1. The fourth-order valence-corrected chi connectivity index (χ4v) is 1.51. The third-order valence-electron chi connectivity index (χ3n) is 2.63. The van der Waals surface area contributed by atoms with Gasteiger partial charge >= 0.3 is 0 Å². The number of benzene rings is 1. The fraction of sp³-hybridized carbons (Fsp3) is 0.429. The van der Waals surface area contributed by atoms with Crippen LogP contribution in [-0.2, 0) is 9.59 Å². The number of amides is 1. The molecule has 0 aliphatic rings. The molecule has 4 nitrogen and oxygen atoms in total. The second kappa shape index (κ2) is 5.78. The molecule has 0 saturated carbocycles. The summed E-state index contributed by atoms with van der Waals surface area (Å²) in [5.41, 5.74) is -0.775. The van der Waals surface area contributed by atoms with Gasteiger partial charge in [-0.15, -0.1) is 0 Å². The van der Waals surface area contributed by atoms with E-state index >= 15 is 0 Å². The molecule has 1 aromatic carbocycles. The van der Waals surface area contributed by atoms with Gasteiger partial charge in [0.15, 0.2) is 5.78 Å². The van der Waals surface area contributed by atoms with Crippen LogP contribution in [0.3, 0.4) is 0 Å². The highest BCUT2D eigenvalue weighted by Gasteiger charge is 2.29. The minimum absolute atomic E-state index is 0.0844. The second-order valence-electron chi connectivity index (χ2n) is 4.70. The van der Waals surface area contributed by atoms with Crippen LogP contribution < -0.4 is 5.32 Å². The first-order chi connectivity index (χ1) is 8.36. The highest BCUT2D eigenvalue weighted by Crippen LogP contribution is 2.16. The lowest BCUT2D eigenvalue weighted by atomic mass is 9.99. The molecule has 18 heavy (non-hydrogen) atoms. The second-order valence-corrected chi connectivity index (χ2v) is 4.70. The molecule has 0 aromatic heterocycles. The van der Waals surface area contributed by atoms with Crippen LogP contribution in [0, 0.1) is 0 Å². The maximum absolute atomic E-state index is 11.9. The summed E-state index contributed by atoms with van der Waals surface area (Å²) in [6, 6.07) is 8.32. The highest BCUT2D eigenvalue weighted by molar-refractivity contribution is 5.92. The van der Waals surface area contributed by atoms with Crippen LogP contribution in [0.1, 0.15) is 38.8 Å². The van der Waals surface area contributed by atoms with Crippen molar-refractivity contribution < 1.29 is 14.7 Å². The van der Waals surface area contributed by atoms with Gasteiger partial charge in [0, 0.05) is 6.42 Å². The molecule has 0 fully saturated rings. The lowest BCUT2D eigenvalue weighted by molar-refractivity contribution is -0.139. The van der Waals surface area contributed by atoms with Crippen molar-refractivity contribution in [3.05, 3.63) is 35.9 Å². The summed E-state index contributed by atoms with van der Waals surface area (Å²) in [5, 5.41) is 12.2. The average molecular weight is 249 g/mol. The topological polar surface area (TPSA) is 66.4 Å². The largest absolute Gasteiger partial charge is 0.381 e. The molecule has 0 unspecified atom stereocenters. The third-order valence-corrected chi connectivity index (χ3v) is 2.63. The summed E-state index contributed by atoms with van der Waals surface area (Å²) in [4.78, 5) is 23.6. The first-order valence-electron chi connectivity index (χ1n) is 5.97. The average Bonchev–Trinajstić information content (AvgIpc) is 2.34. The maximum Gasteiger partial charge on any atom is 0.252 e. The molecular formula is C14H19NO3. The summed E-state index contributed by atoms with van der Waals surface area (Å²) in [6.45, 7) is 4.52. The van der Waals surface area contributed by atoms with Crippen LogP contribution in [0.25, 0.3) is 0 Å². The van der Waals surface area contributed by atoms with E-state index in [0.717, 1.165) is 5.56 Å². The van der Waals surface area contributed by atoms with Crippen molar-refractivity contribution >= 4 is 11.7 Å². The van der Waals surface area contributed by atoms with Crippen molar-refractivity contribution in [3.8, 4) is 0 Å². The molecule has 98 valence electrons. The zero-order valence-electron chi connectivity index (χ0n) is 10.9. The van der Waals surface area contributed by atoms with Crippen LogP contribution in [0.15, 0.2) is 30.3 Å². The number of hydrogen-bond donors (Lipinski definition) is 2. The van der Waals surface area contributed by atoms with E-state index in [-0.39, 0.29) is 5.78 Å². The Kier molecular flexibility index (Phi) is 4.62. The number of ketones is 1. The third kappa shape index (κ3) is 3.67. The van der Waals surface area contributed by atoms with E-state index in [1.165, 1.54) is 13.8 Å². The van der Waals surface area contributed by atoms with Gasteiger partial charge in [-0.05, 0) is 19.4 Å². The van der Waals surface area contributed by atoms with E-state index in [4.69, 9.17) is 0 Å². The molecule has 0 radical (unpaired) electrons. The van der Waals surface area contributed by atoms with Crippen molar-refractivity contribution in [2.75, 3.05) is 0 Å². The SMILES string of the molecule is CCC(=O)[C@H](NC(=O)C(C)(C)O)c1ccccc1. The van der Waals surface area contributed by atoms with Crippen molar-refractivity contribution in [3.63, 3.8) is 0 Å². The first kappa shape index (κ1) is 14.4. The number of nitrogens with one attached hydrogen (secondary N) is 1. The quantitative estimate of drug-likeness (QED) is 0.833. The van der Waals surface area contributed by atoms with Gasteiger partial charge in [-0.1, -0.05) is 37.3 Å². The Morgan fingerprint density at radius 2 is 1.83 bits per heavy atom. The van der Waals surface area contributed by atoms with Gasteiger partial charge in [0.2, 0.25) is 0 Å². The molecule has 0 saturated heterocycles. The summed E-state index contributed by atoms with van der Waals surface area (Å²) >= 11 is 0. The van der Waals surface area contributed by atoms with E-state index < -0.39 is 17.6 Å². The number of carbonyl (C=O) groups is 2. The van der Waals surface area contributed by atoms with E-state index in [2.05, 4.69) is 5.32 Å². The molecule has 1 rings (SSSR count). The van der Waals surface area contributed by atoms with Gasteiger partial charge in [-0.3, -0.25) is 9.59 Å². The minimum Gasteiger partial charge on any atom is -0.381 e. The molecule has 1 amide bonds. The summed E-state index contributed by atoms with van der Waals surface area (Å²) in [5.74, 6) is -0.642. The molecule has 0 bridgehead atoms. The lowest BCUT2D eigenvalue weighted by Gasteiger charge is -2.22. The standard InChI is InChI=1S/C14H19NO3/c1-4-11(16)12(10-8-6-5-7-9-10)15-13(17)14(2,3)18/h5-9,12,18H,4H2,1-3H3,(H,15,17)/t12-/m1/s1. The van der Waals surface area contributed by atoms with Crippen LogP contribution in [-0.4, -0.2) is 22.4 Å². The van der Waals surface area contributed by atoms with Crippen molar-refractivity contribution in [1.29, 1.82) is 0 Å². The van der Waals surface area contributed by atoms with E-state index in [0.29, 0.717) is 6.42 Å². The number of carbonyl (C=O) groups excluding carboxylic acids is 2. The van der Waals surface area contributed by atoms with Crippen molar-refractivity contribution in [2.24, 2.45) is 0 Å². The number of hydrogen-bond acceptors (Lipinski definition) is 3. The molecule has 2 N–H and O–H groups in total. The molecule has 0 spiro atoms. The van der Waals surface area contributed by atoms with E-state index in [1.54, 1.807) is 19.1 Å². The van der Waals surface area contributed by atoms with Crippen molar-refractivity contribution in [2.45, 2.75) is 38.8 Å². The van der Waals surface area contributed by atoms with Gasteiger partial charge in [0.05, 0.1) is 0 Å². The normalized spacial score (nSPS) is 12.9. The predicted molar refractivity (Wildman–Crippen MR) is 68.9 cm³/mol. The highest BCUT2D eigenvalue weighted by atomic mass is 16.3. The maximum atomic E-state index is 11.9. The van der Waals surface area contributed by atoms with Gasteiger partial charge in [0.25, 0.3) is 5.91 Å². The van der Waals surface area contributed by atoms with Crippen molar-refractivity contribution in [1.82, 2.24) is 5.32 Å². The smallest absolute Gasteiger partial charge is 0.252 e. The zero-order chi connectivity index (χ0) is 13.8. The molecule has 1 aromatic rings. The van der Waals surface area contributed by atoms with Crippen LogP contribution in [0.2, 0.25) is 0 Å². The molecular weight excluding hydrogens is 230 g/mol. The Morgan fingerprint density at radius 1 is 1.28 bits per heavy atom. The number of aliphatic hydroxyl groups is 1. The minimum atomic E-state index is -1.50. The Labute approximate surface area is 107 Å². The Bertz CT molecular complexity index is 420. The van der Waals surface area contributed by atoms with Gasteiger partial charge < -0.3 is 10.4 Å².